The van der Waals surface area contributed by atoms with Crippen LogP contribution in [0.3, 0.4) is 0 Å². The van der Waals surface area contributed by atoms with Gasteiger partial charge in [0.25, 0.3) is 0 Å². The molecule has 0 fully saturated rings. The largest absolute Gasteiger partial charge is 0.130 e. The van der Waals surface area contributed by atoms with Crippen molar-refractivity contribution in [2.45, 2.75) is 25.7 Å². The van der Waals surface area contributed by atoms with Gasteiger partial charge in [-0.25, -0.2) is 0 Å². The first-order valence-electron chi connectivity index (χ1n) is 3.54. The first kappa shape index (κ1) is 6.38. The lowest BCUT2D eigenvalue weighted by Crippen LogP contribution is -1.62. The second-order valence-electron chi connectivity index (χ2n) is 2.20. The zero-order chi connectivity index (χ0) is 6.36. The van der Waals surface area contributed by atoms with E-state index in [1.54, 1.807) is 0 Å². The van der Waals surface area contributed by atoms with Gasteiger partial charge in [0.2, 0.25) is 0 Å². The van der Waals surface area contributed by atoms with Gasteiger partial charge in [-0.3, -0.25) is 0 Å². The van der Waals surface area contributed by atoms with E-state index in [2.05, 4.69) is 30.0 Å². The monoisotopic (exact) mass is 120 g/mol. The number of allylic oxidation sites excluding steroid dienone is 3. The Kier molecular flexibility index (Phi) is 2.96. The lowest BCUT2D eigenvalue weighted by molar-refractivity contribution is 1.02. The lowest BCUT2D eigenvalue weighted by Gasteiger charge is -1.82. The Morgan fingerprint density at radius 2 is 1.33 bits per heavy atom. The van der Waals surface area contributed by atoms with Crippen molar-refractivity contribution in [1.29, 1.82) is 0 Å². The van der Waals surface area contributed by atoms with Crippen molar-refractivity contribution >= 4 is 0 Å². The van der Waals surface area contributed by atoms with Crippen molar-refractivity contribution in [3.05, 3.63) is 30.0 Å². The molecule has 0 saturated heterocycles. The van der Waals surface area contributed by atoms with Gasteiger partial charge in [0.05, 0.1) is 0 Å². The summed E-state index contributed by atoms with van der Waals surface area (Å²) >= 11 is 0. The predicted octanol–water partition coefficient (Wildman–Crippen LogP) is 2.83. The molecule has 0 aromatic heterocycles. The van der Waals surface area contributed by atoms with Gasteiger partial charge < -0.3 is 0 Å². The van der Waals surface area contributed by atoms with Crippen LogP contribution in [0.2, 0.25) is 0 Å². The van der Waals surface area contributed by atoms with Gasteiger partial charge in [-0.15, -0.1) is 5.73 Å². The molecule has 0 amide bonds. The Balaban J connectivity index is 2.43. The normalized spacial score (nSPS) is 22.2. The first-order valence-corrected chi connectivity index (χ1v) is 3.54. The van der Waals surface area contributed by atoms with Crippen LogP contribution in [-0.2, 0) is 0 Å². The Hall–Kier alpha value is -0.740. The Morgan fingerprint density at radius 3 is 1.89 bits per heavy atom. The van der Waals surface area contributed by atoms with Crippen LogP contribution in [0.5, 0.6) is 0 Å². The summed E-state index contributed by atoms with van der Waals surface area (Å²) in [6, 6.07) is 0. The summed E-state index contributed by atoms with van der Waals surface area (Å²) in [5.74, 6) is 0. The first-order chi connectivity index (χ1) is 4.50. The number of rotatable bonds is 0. The Bertz CT molecular complexity index is 131. The van der Waals surface area contributed by atoms with Crippen molar-refractivity contribution in [3.8, 4) is 0 Å². The molecule has 0 radical (unpaired) electrons. The molecule has 0 saturated carbocycles. The van der Waals surface area contributed by atoms with Crippen LogP contribution in [0, 0.1) is 0 Å². The van der Waals surface area contributed by atoms with Crippen molar-refractivity contribution in [2.75, 3.05) is 0 Å². The SMILES string of the molecule is C1=CCC/C=C\CCC=1. The topological polar surface area (TPSA) is 0 Å². The summed E-state index contributed by atoms with van der Waals surface area (Å²) in [6.07, 6.45) is 13.4. The second kappa shape index (κ2) is 4.17. The molecular weight excluding hydrogens is 108 g/mol. The molecule has 0 bridgehead atoms. The van der Waals surface area contributed by atoms with E-state index < -0.39 is 0 Å². The van der Waals surface area contributed by atoms with E-state index in [1.165, 1.54) is 12.8 Å². The fourth-order valence-electron chi connectivity index (χ4n) is 0.845. The van der Waals surface area contributed by atoms with Crippen LogP contribution in [-0.4, -0.2) is 0 Å². The lowest BCUT2D eigenvalue weighted by atomic mass is 10.2. The van der Waals surface area contributed by atoms with Crippen LogP contribution < -0.4 is 0 Å². The molecule has 0 heterocycles. The van der Waals surface area contributed by atoms with Gasteiger partial charge in [0.15, 0.2) is 0 Å². The summed E-state index contributed by atoms with van der Waals surface area (Å²) in [5, 5.41) is 0. The van der Waals surface area contributed by atoms with Gasteiger partial charge in [0.1, 0.15) is 0 Å². The molecule has 0 unspecified atom stereocenters. The summed E-state index contributed by atoms with van der Waals surface area (Å²) in [6.45, 7) is 0. The number of hydrogen-bond acceptors (Lipinski definition) is 0. The molecule has 0 aromatic carbocycles. The molecule has 0 aliphatic heterocycles. The second-order valence-corrected chi connectivity index (χ2v) is 2.20. The maximum Gasteiger partial charge on any atom is -0.0240 e. The molecule has 1 aliphatic rings. The molecule has 0 aromatic rings. The van der Waals surface area contributed by atoms with Gasteiger partial charge in [-0.2, -0.15) is 0 Å². The number of hydrogen-bond donors (Lipinski definition) is 0. The van der Waals surface area contributed by atoms with Crippen LogP contribution in [0.1, 0.15) is 25.7 Å². The van der Waals surface area contributed by atoms with Gasteiger partial charge >= 0.3 is 0 Å². The van der Waals surface area contributed by atoms with Crippen molar-refractivity contribution in [1.82, 2.24) is 0 Å². The van der Waals surface area contributed by atoms with Crippen molar-refractivity contribution < 1.29 is 0 Å². The highest BCUT2D eigenvalue weighted by atomic mass is 13.9. The van der Waals surface area contributed by atoms with E-state index >= 15 is 0 Å². The minimum absolute atomic E-state index is 1.15. The summed E-state index contributed by atoms with van der Waals surface area (Å²) in [4.78, 5) is 0. The van der Waals surface area contributed by atoms with E-state index in [4.69, 9.17) is 0 Å². The maximum atomic E-state index is 3.14. The highest BCUT2D eigenvalue weighted by molar-refractivity contribution is 4.93. The third-order valence-electron chi connectivity index (χ3n) is 1.36. The summed E-state index contributed by atoms with van der Waals surface area (Å²) in [7, 11) is 0. The van der Waals surface area contributed by atoms with E-state index in [9.17, 15) is 0 Å². The van der Waals surface area contributed by atoms with Crippen molar-refractivity contribution in [3.63, 3.8) is 0 Å². The molecule has 9 heavy (non-hydrogen) atoms. The van der Waals surface area contributed by atoms with E-state index in [1.807, 2.05) is 0 Å². The quantitative estimate of drug-likeness (QED) is 0.340. The molecule has 0 spiro atoms. The molecule has 0 atom stereocenters. The molecule has 0 nitrogen and oxygen atoms in total. The zero-order valence-corrected chi connectivity index (χ0v) is 5.64. The predicted molar refractivity (Wildman–Crippen MR) is 40.3 cm³/mol. The van der Waals surface area contributed by atoms with Gasteiger partial charge in [-0.1, -0.05) is 12.2 Å². The summed E-state index contributed by atoms with van der Waals surface area (Å²) < 4.78 is 0. The fraction of sp³-hybridized carbons (Fsp3) is 0.444. The van der Waals surface area contributed by atoms with Gasteiger partial charge in [-0.05, 0) is 37.8 Å². The smallest absolute Gasteiger partial charge is 0.0240 e. The zero-order valence-electron chi connectivity index (χ0n) is 5.64. The fourth-order valence-corrected chi connectivity index (χ4v) is 0.845. The van der Waals surface area contributed by atoms with E-state index in [-0.39, 0.29) is 0 Å². The van der Waals surface area contributed by atoms with Crippen LogP contribution in [0.4, 0.5) is 0 Å². The minimum atomic E-state index is 1.15. The van der Waals surface area contributed by atoms with Crippen molar-refractivity contribution in [2.24, 2.45) is 0 Å². The summed E-state index contributed by atoms with van der Waals surface area (Å²) in [5.41, 5.74) is 3.14. The molecule has 48 valence electrons. The maximum absolute atomic E-state index is 3.14. The van der Waals surface area contributed by atoms with Crippen LogP contribution in [0.25, 0.3) is 0 Å². The third kappa shape index (κ3) is 2.94. The van der Waals surface area contributed by atoms with Crippen LogP contribution >= 0.6 is 0 Å². The molecule has 0 N–H and O–H groups in total. The van der Waals surface area contributed by atoms with E-state index in [0.29, 0.717) is 0 Å². The van der Waals surface area contributed by atoms with Crippen LogP contribution in [0.15, 0.2) is 30.0 Å². The van der Waals surface area contributed by atoms with E-state index in [0.717, 1.165) is 12.8 Å². The molecule has 1 aliphatic carbocycles. The third-order valence-corrected chi connectivity index (χ3v) is 1.36. The molecule has 0 heteroatoms. The Labute approximate surface area is 56.6 Å². The average molecular weight is 120 g/mol. The average Bonchev–Trinajstić information content (AvgIpc) is 2.00. The Morgan fingerprint density at radius 1 is 0.778 bits per heavy atom. The standard InChI is InChI=1S/C9H12/c1-2-4-6-8-9-7-5-3-1/h1-2,7-8H,3-6H2/b2-1-. The highest BCUT2D eigenvalue weighted by Crippen LogP contribution is 1.99. The highest BCUT2D eigenvalue weighted by Gasteiger charge is 1.79. The molecular formula is C9H12. The molecule has 1 rings (SSSR count). The van der Waals surface area contributed by atoms with Gasteiger partial charge in [0, 0.05) is 0 Å². The minimum Gasteiger partial charge on any atom is -0.130 e.